The molecule has 0 aromatic rings. The molecule has 0 unspecified atom stereocenters. The van der Waals surface area contributed by atoms with Gasteiger partial charge in [0.2, 0.25) is 5.91 Å². The van der Waals surface area contributed by atoms with Crippen molar-refractivity contribution in [3.8, 4) is 0 Å². The van der Waals surface area contributed by atoms with Crippen LogP contribution in [0.3, 0.4) is 0 Å². The minimum absolute atomic E-state index is 0.0214. The number of nitrogens with zero attached hydrogens (tertiary/aromatic N) is 2. The molecule has 1 saturated heterocycles. The van der Waals surface area contributed by atoms with Crippen LogP contribution in [0, 0.1) is 0 Å². The molecular weight excluding hydrogens is 168 g/mol. The van der Waals surface area contributed by atoms with E-state index in [0.717, 1.165) is 25.9 Å². The van der Waals surface area contributed by atoms with Crippen LogP contribution in [0.15, 0.2) is 4.99 Å². The van der Waals surface area contributed by atoms with Gasteiger partial charge in [0.25, 0.3) is 0 Å². The van der Waals surface area contributed by atoms with E-state index >= 15 is 0 Å². The molecule has 5 heteroatoms. The molecular formula is C8H16N4O. The second-order valence-corrected chi connectivity index (χ2v) is 3.18. The summed E-state index contributed by atoms with van der Waals surface area (Å²) in [7, 11) is 0. The van der Waals surface area contributed by atoms with Crippen molar-refractivity contribution in [3.63, 3.8) is 0 Å². The number of nitrogens with two attached hydrogens (primary N) is 2. The average Bonchev–Trinajstić information content (AvgIpc) is 2.15. The Morgan fingerprint density at radius 3 is 2.38 bits per heavy atom. The monoisotopic (exact) mass is 184 g/mol. The summed E-state index contributed by atoms with van der Waals surface area (Å²) >= 11 is 0. The Morgan fingerprint density at radius 2 is 1.85 bits per heavy atom. The molecule has 0 saturated carbocycles. The van der Waals surface area contributed by atoms with E-state index in [4.69, 9.17) is 11.5 Å². The van der Waals surface area contributed by atoms with E-state index in [9.17, 15) is 4.79 Å². The first-order valence-corrected chi connectivity index (χ1v) is 4.53. The van der Waals surface area contributed by atoms with Gasteiger partial charge in [-0.3, -0.25) is 4.79 Å². The zero-order valence-electron chi connectivity index (χ0n) is 7.70. The number of carbonyl (C=O) groups is 1. The van der Waals surface area contributed by atoms with Crippen molar-refractivity contribution in [2.45, 2.75) is 19.3 Å². The van der Waals surface area contributed by atoms with Gasteiger partial charge < -0.3 is 16.4 Å². The van der Waals surface area contributed by atoms with Gasteiger partial charge in [0.15, 0.2) is 5.96 Å². The Hall–Kier alpha value is -1.26. The quantitative estimate of drug-likeness (QED) is 0.438. The van der Waals surface area contributed by atoms with Crippen LogP contribution in [0.2, 0.25) is 0 Å². The highest BCUT2D eigenvalue weighted by Gasteiger charge is 2.15. The Morgan fingerprint density at radius 1 is 1.23 bits per heavy atom. The summed E-state index contributed by atoms with van der Waals surface area (Å²) in [6.45, 7) is 1.78. The number of rotatable bonds is 2. The molecule has 1 heterocycles. The second-order valence-electron chi connectivity index (χ2n) is 3.18. The lowest BCUT2D eigenvalue weighted by atomic mass is 10.1. The molecule has 1 fully saturated rings. The molecule has 5 nitrogen and oxygen atoms in total. The van der Waals surface area contributed by atoms with Gasteiger partial charge >= 0.3 is 0 Å². The summed E-state index contributed by atoms with van der Waals surface area (Å²) in [5, 5.41) is 0. The van der Waals surface area contributed by atoms with Crippen molar-refractivity contribution in [3.05, 3.63) is 0 Å². The van der Waals surface area contributed by atoms with E-state index in [1.807, 2.05) is 4.90 Å². The first-order chi connectivity index (χ1) is 6.20. The van der Waals surface area contributed by atoms with E-state index in [1.165, 1.54) is 6.42 Å². The summed E-state index contributed by atoms with van der Waals surface area (Å²) in [5.41, 5.74) is 10.3. The van der Waals surface area contributed by atoms with Gasteiger partial charge in [-0.25, -0.2) is 4.99 Å². The van der Waals surface area contributed by atoms with Crippen molar-refractivity contribution >= 4 is 11.9 Å². The van der Waals surface area contributed by atoms with Crippen LogP contribution in [-0.4, -0.2) is 36.4 Å². The van der Waals surface area contributed by atoms with Crippen LogP contribution in [0.1, 0.15) is 19.3 Å². The van der Waals surface area contributed by atoms with Crippen molar-refractivity contribution < 1.29 is 4.79 Å². The number of likely N-dealkylation sites (tertiary alicyclic amines) is 1. The molecule has 0 radical (unpaired) electrons. The molecule has 0 spiro atoms. The zero-order valence-corrected chi connectivity index (χ0v) is 7.70. The summed E-state index contributed by atoms with van der Waals surface area (Å²) in [6.07, 6.45) is 3.40. The van der Waals surface area contributed by atoms with Crippen molar-refractivity contribution in [2.24, 2.45) is 16.5 Å². The number of guanidine groups is 1. The molecule has 1 amide bonds. The lowest BCUT2D eigenvalue weighted by Gasteiger charge is -2.25. The van der Waals surface area contributed by atoms with E-state index in [1.54, 1.807) is 0 Å². The number of amides is 1. The average molecular weight is 184 g/mol. The lowest BCUT2D eigenvalue weighted by Crippen LogP contribution is -2.37. The Balaban J connectivity index is 2.33. The number of piperidine rings is 1. The second kappa shape index (κ2) is 4.69. The predicted octanol–water partition coefficient (Wildman–Crippen LogP) is -0.728. The van der Waals surface area contributed by atoms with Crippen LogP contribution < -0.4 is 11.5 Å². The summed E-state index contributed by atoms with van der Waals surface area (Å²) in [6, 6.07) is 0. The van der Waals surface area contributed by atoms with Gasteiger partial charge in [0, 0.05) is 13.1 Å². The highest BCUT2D eigenvalue weighted by atomic mass is 16.2. The van der Waals surface area contributed by atoms with E-state index in [-0.39, 0.29) is 18.4 Å². The van der Waals surface area contributed by atoms with Crippen LogP contribution in [-0.2, 0) is 4.79 Å². The lowest BCUT2D eigenvalue weighted by molar-refractivity contribution is -0.130. The molecule has 0 aromatic heterocycles. The summed E-state index contributed by atoms with van der Waals surface area (Å²) in [5.74, 6) is -0.00143. The maximum Gasteiger partial charge on any atom is 0.244 e. The van der Waals surface area contributed by atoms with Gasteiger partial charge in [-0.15, -0.1) is 0 Å². The molecule has 0 aliphatic carbocycles. The van der Waals surface area contributed by atoms with E-state index < -0.39 is 0 Å². The van der Waals surface area contributed by atoms with Crippen LogP contribution >= 0.6 is 0 Å². The highest BCUT2D eigenvalue weighted by Crippen LogP contribution is 2.08. The van der Waals surface area contributed by atoms with Gasteiger partial charge in [0.1, 0.15) is 6.54 Å². The normalized spacial score (nSPS) is 16.8. The maximum absolute atomic E-state index is 11.4. The van der Waals surface area contributed by atoms with Crippen molar-refractivity contribution in [1.82, 2.24) is 4.90 Å². The molecule has 74 valence electrons. The third-order valence-corrected chi connectivity index (χ3v) is 2.11. The molecule has 1 aliphatic heterocycles. The molecule has 0 aromatic carbocycles. The van der Waals surface area contributed by atoms with Crippen molar-refractivity contribution in [2.75, 3.05) is 19.6 Å². The maximum atomic E-state index is 11.4. The number of hydrogen-bond donors (Lipinski definition) is 2. The Kier molecular flexibility index (Phi) is 3.54. The Bertz CT molecular complexity index is 204. The third kappa shape index (κ3) is 3.31. The van der Waals surface area contributed by atoms with Gasteiger partial charge in [-0.05, 0) is 19.3 Å². The molecule has 1 aliphatic rings. The molecule has 0 bridgehead atoms. The topological polar surface area (TPSA) is 84.7 Å². The minimum atomic E-state index is -0.0228. The smallest absolute Gasteiger partial charge is 0.244 e. The standard InChI is InChI=1S/C8H16N4O/c9-8(10)11-6-7(13)12-4-2-1-3-5-12/h1-6H2,(H4,9,10,11). The van der Waals surface area contributed by atoms with Gasteiger partial charge in [-0.1, -0.05) is 0 Å². The number of carbonyl (C=O) groups excluding carboxylic acids is 1. The minimum Gasteiger partial charge on any atom is -0.370 e. The molecule has 0 atom stereocenters. The molecule has 13 heavy (non-hydrogen) atoms. The molecule has 4 N–H and O–H groups in total. The van der Waals surface area contributed by atoms with E-state index in [0.29, 0.717) is 0 Å². The van der Waals surface area contributed by atoms with Crippen LogP contribution in [0.4, 0.5) is 0 Å². The zero-order chi connectivity index (χ0) is 9.68. The SMILES string of the molecule is NC(N)=NCC(=O)N1CCCCC1. The Labute approximate surface area is 77.8 Å². The van der Waals surface area contributed by atoms with Gasteiger partial charge in [-0.2, -0.15) is 0 Å². The summed E-state index contributed by atoms with van der Waals surface area (Å²) < 4.78 is 0. The summed E-state index contributed by atoms with van der Waals surface area (Å²) in [4.78, 5) is 16.9. The largest absolute Gasteiger partial charge is 0.370 e. The predicted molar refractivity (Wildman–Crippen MR) is 51.1 cm³/mol. The first kappa shape index (κ1) is 9.83. The van der Waals surface area contributed by atoms with Gasteiger partial charge in [0.05, 0.1) is 0 Å². The number of aliphatic imine (C=N–C) groups is 1. The van der Waals surface area contributed by atoms with E-state index in [2.05, 4.69) is 4.99 Å². The highest BCUT2D eigenvalue weighted by molar-refractivity contribution is 5.83. The van der Waals surface area contributed by atoms with Crippen LogP contribution in [0.25, 0.3) is 0 Å². The van der Waals surface area contributed by atoms with Crippen LogP contribution in [0.5, 0.6) is 0 Å². The fourth-order valence-electron chi connectivity index (χ4n) is 1.40. The first-order valence-electron chi connectivity index (χ1n) is 4.53. The third-order valence-electron chi connectivity index (χ3n) is 2.11. The van der Waals surface area contributed by atoms with Crippen molar-refractivity contribution in [1.29, 1.82) is 0 Å². The fourth-order valence-corrected chi connectivity index (χ4v) is 1.40. The molecule has 1 rings (SSSR count). The number of hydrogen-bond acceptors (Lipinski definition) is 2. The fraction of sp³-hybridized carbons (Fsp3) is 0.750.